The van der Waals surface area contributed by atoms with E-state index in [2.05, 4.69) is 27.9 Å². The zero-order chi connectivity index (χ0) is 12.1. The Morgan fingerprint density at radius 2 is 2.37 bits per heavy atom. The van der Waals surface area contributed by atoms with E-state index in [0.29, 0.717) is 6.54 Å². The lowest BCUT2D eigenvalue weighted by Gasteiger charge is -2.10. The fraction of sp³-hybridized carbons (Fsp3) is 0.667. The second-order valence-electron chi connectivity index (χ2n) is 4.28. The number of thiazole rings is 1. The molecule has 2 heterocycles. The molecule has 0 aliphatic carbocycles. The van der Waals surface area contributed by atoms with E-state index < -0.39 is 0 Å². The lowest BCUT2D eigenvalue weighted by molar-refractivity contribution is -0.122. The SMILES string of the molecule is CCc1nc(CCNC(=O)C2CCCN2)cs1.Cl.Cl. The minimum Gasteiger partial charge on any atom is -0.354 e. The fourth-order valence-corrected chi connectivity index (χ4v) is 2.75. The molecule has 0 radical (unpaired) electrons. The van der Waals surface area contributed by atoms with Crippen LogP contribution in [0.3, 0.4) is 0 Å². The number of amides is 1. The standard InChI is InChI=1S/C12H19N3OS.2ClH/c1-2-11-15-9(8-17-11)5-7-14-12(16)10-4-3-6-13-10;;/h8,10,13H,2-7H2,1H3,(H,14,16);2*1H. The van der Waals surface area contributed by atoms with Gasteiger partial charge in [-0.1, -0.05) is 6.92 Å². The van der Waals surface area contributed by atoms with Gasteiger partial charge in [-0.05, 0) is 25.8 Å². The molecule has 1 aliphatic heterocycles. The quantitative estimate of drug-likeness (QED) is 0.870. The Morgan fingerprint density at radius 3 is 2.95 bits per heavy atom. The Bertz CT molecular complexity index is 381. The molecule has 1 atom stereocenters. The van der Waals surface area contributed by atoms with Crippen LogP contribution < -0.4 is 10.6 Å². The van der Waals surface area contributed by atoms with Crippen molar-refractivity contribution in [2.45, 2.75) is 38.6 Å². The minimum absolute atomic E-state index is 0. The molecule has 1 amide bonds. The summed E-state index contributed by atoms with van der Waals surface area (Å²) in [6, 6.07) is 0.0247. The summed E-state index contributed by atoms with van der Waals surface area (Å²) in [4.78, 5) is 16.2. The number of carbonyl (C=O) groups is 1. The second kappa shape index (κ2) is 9.53. The average molecular weight is 326 g/mol. The van der Waals surface area contributed by atoms with Crippen molar-refractivity contribution in [3.63, 3.8) is 0 Å². The minimum atomic E-state index is 0. The summed E-state index contributed by atoms with van der Waals surface area (Å²) < 4.78 is 0. The number of carbonyl (C=O) groups excluding carboxylic acids is 1. The highest BCUT2D eigenvalue weighted by atomic mass is 35.5. The molecule has 7 heteroatoms. The summed E-state index contributed by atoms with van der Waals surface area (Å²) in [5.74, 6) is 0.133. The van der Waals surface area contributed by atoms with Crippen LogP contribution in [0.25, 0.3) is 0 Å². The van der Waals surface area contributed by atoms with Gasteiger partial charge in [0, 0.05) is 18.3 Å². The normalized spacial score (nSPS) is 17.4. The van der Waals surface area contributed by atoms with Crippen LogP contribution in [0.5, 0.6) is 0 Å². The molecular formula is C12H21Cl2N3OS. The maximum Gasteiger partial charge on any atom is 0.237 e. The van der Waals surface area contributed by atoms with Gasteiger partial charge in [-0.2, -0.15) is 0 Å². The first-order valence-electron chi connectivity index (χ1n) is 6.24. The van der Waals surface area contributed by atoms with Crippen molar-refractivity contribution in [3.05, 3.63) is 16.1 Å². The van der Waals surface area contributed by atoms with E-state index in [-0.39, 0.29) is 36.8 Å². The second-order valence-corrected chi connectivity index (χ2v) is 5.22. The molecule has 1 aromatic heterocycles. The van der Waals surface area contributed by atoms with Crippen LogP contribution in [0, 0.1) is 0 Å². The van der Waals surface area contributed by atoms with Crippen LogP contribution in [0.15, 0.2) is 5.38 Å². The van der Waals surface area contributed by atoms with Gasteiger partial charge in [0.25, 0.3) is 0 Å². The van der Waals surface area contributed by atoms with E-state index in [0.717, 1.165) is 37.9 Å². The van der Waals surface area contributed by atoms with Crippen LogP contribution in [0.4, 0.5) is 0 Å². The van der Waals surface area contributed by atoms with Crippen molar-refractivity contribution in [3.8, 4) is 0 Å². The number of aromatic nitrogens is 1. The fourth-order valence-electron chi connectivity index (χ4n) is 1.97. The summed E-state index contributed by atoms with van der Waals surface area (Å²) >= 11 is 1.70. The zero-order valence-corrected chi connectivity index (χ0v) is 13.4. The van der Waals surface area contributed by atoms with E-state index in [4.69, 9.17) is 0 Å². The van der Waals surface area contributed by atoms with E-state index >= 15 is 0 Å². The summed E-state index contributed by atoms with van der Waals surface area (Å²) in [7, 11) is 0. The van der Waals surface area contributed by atoms with E-state index in [1.807, 2.05) is 0 Å². The van der Waals surface area contributed by atoms with Crippen molar-refractivity contribution in [1.29, 1.82) is 0 Å². The van der Waals surface area contributed by atoms with Crippen LogP contribution in [-0.2, 0) is 17.6 Å². The molecule has 4 nitrogen and oxygen atoms in total. The number of hydrogen-bond donors (Lipinski definition) is 2. The van der Waals surface area contributed by atoms with Gasteiger partial charge in [0.05, 0.1) is 16.7 Å². The van der Waals surface area contributed by atoms with E-state index in [1.165, 1.54) is 5.01 Å². The first kappa shape index (κ1) is 18.6. The molecule has 2 rings (SSSR count). The van der Waals surface area contributed by atoms with Gasteiger partial charge < -0.3 is 10.6 Å². The van der Waals surface area contributed by atoms with Gasteiger partial charge in [0.2, 0.25) is 5.91 Å². The number of nitrogens with one attached hydrogen (secondary N) is 2. The molecule has 1 unspecified atom stereocenters. The Hall–Kier alpha value is -0.360. The summed E-state index contributed by atoms with van der Waals surface area (Å²) in [6.45, 7) is 3.75. The van der Waals surface area contributed by atoms with E-state index in [1.54, 1.807) is 11.3 Å². The first-order valence-corrected chi connectivity index (χ1v) is 7.12. The number of aryl methyl sites for hydroxylation is 1. The predicted octanol–water partition coefficient (Wildman–Crippen LogP) is 1.96. The topological polar surface area (TPSA) is 54.0 Å². The summed E-state index contributed by atoms with van der Waals surface area (Å²) in [5.41, 5.74) is 1.09. The number of rotatable bonds is 5. The molecule has 110 valence electrons. The maximum absolute atomic E-state index is 11.7. The van der Waals surface area contributed by atoms with Crippen LogP contribution in [0.2, 0.25) is 0 Å². The Kier molecular flexibility index (Phi) is 9.35. The van der Waals surface area contributed by atoms with Gasteiger partial charge >= 0.3 is 0 Å². The van der Waals surface area contributed by atoms with Crippen molar-refractivity contribution >= 4 is 42.1 Å². The zero-order valence-electron chi connectivity index (χ0n) is 11.0. The molecule has 1 aromatic rings. The van der Waals surface area contributed by atoms with Crippen molar-refractivity contribution in [1.82, 2.24) is 15.6 Å². The Balaban J connectivity index is 0.00000162. The van der Waals surface area contributed by atoms with Crippen LogP contribution in [0.1, 0.15) is 30.5 Å². The monoisotopic (exact) mass is 325 g/mol. The molecule has 1 saturated heterocycles. The van der Waals surface area contributed by atoms with Gasteiger partial charge in [-0.25, -0.2) is 4.98 Å². The highest BCUT2D eigenvalue weighted by Gasteiger charge is 2.21. The van der Waals surface area contributed by atoms with E-state index in [9.17, 15) is 4.79 Å². The molecular weight excluding hydrogens is 305 g/mol. The van der Waals surface area contributed by atoms with Crippen LogP contribution >= 0.6 is 36.2 Å². The molecule has 1 fully saturated rings. The average Bonchev–Trinajstić information content (AvgIpc) is 3.00. The molecule has 1 aliphatic rings. The third-order valence-electron chi connectivity index (χ3n) is 2.96. The molecule has 0 aromatic carbocycles. The molecule has 0 spiro atoms. The maximum atomic E-state index is 11.7. The van der Waals surface area contributed by atoms with Gasteiger partial charge in [-0.15, -0.1) is 36.2 Å². The Labute approximate surface area is 130 Å². The summed E-state index contributed by atoms with van der Waals surface area (Å²) in [5, 5.41) is 9.41. The number of hydrogen-bond acceptors (Lipinski definition) is 4. The van der Waals surface area contributed by atoms with Crippen molar-refractivity contribution in [2.75, 3.05) is 13.1 Å². The van der Waals surface area contributed by atoms with Crippen molar-refractivity contribution < 1.29 is 4.79 Å². The highest BCUT2D eigenvalue weighted by molar-refractivity contribution is 7.09. The first-order chi connectivity index (χ1) is 8.29. The third-order valence-corrected chi connectivity index (χ3v) is 4.00. The molecule has 2 N–H and O–H groups in total. The largest absolute Gasteiger partial charge is 0.354 e. The lowest BCUT2D eigenvalue weighted by atomic mass is 10.2. The Morgan fingerprint density at radius 1 is 1.58 bits per heavy atom. The predicted molar refractivity (Wildman–Crippen MR) is 83.7 cm³/mol. The number of halogens is 2. The highest BCUT2D eigenvalue weighted by Crippen LogP contribution is 2.10. The lowest BCUT2D eigenvalue weighted by Crippen LogP contribution is -2.41. The van der Waals surface area contributed by atoms with Gasteiger partial charge in [0.1, 0.15) is 0 Å². The smallest absolute Gasteiger partial charge is 0.237 e. The van der Waals surface area contributed by atoms with Gasteiger partial charge in [-0.3, -0.25) is 4.79 Å². The van der Waals surface area contributed by atoms with Crippen molar-refractivity contribution in [2.24, 2.45) is 0 Å². The molecule has 0 saturated carbocycles. The summed E-state index contributed by atoms with van der Waals surface area (Å²) in [6.07, 6.45) is 3.88. The molecule has 0 bridgehead atoms. The van der Waals surface area contributed by atoms with Gasteiger partial charge in [0.15, 0.2) is 0 Å². The third kappa shape index (κ3) is 5.65. The van der Waals surface area contributed by atoms with Crippen LogP contribution in [-0.4, -0.2) is 30.0 Å². The number of nitrogens with zero attached hydrogens (tertiary/aromatic N) is 1. The molecule has 19 heavy (non-hydrogen) atoms.